The van der Waals surface area contributed by atoms with Crippen molar-refractivity contribution in [1.82, 2.24) is 20.1 Å². The highest BCUT2D eigenvalue weighted by Gasteiger charge is 2.27. The molecule has 2 fully saturated rings. The SMILES string of the molecule is CC(C)(C)c1csc(C2CN(CCC(=O)N3CCNCC3)CCO2)n1. The van der Waals surface area contributed by atoms with E-state index in [0.717, 1.165) is 56.5 Å². The molecule has 0 radical (unpaired) electrons. The van der Waals surface area contributed by atoms with Crippen LogP contribution in [0.3, 0.4) is 0 Å². The third-order valence-electron chi connectivity index (χ3n) is 4.83. The van der Waals surface area contributed by atoms with Crippen LogP contribution in [-0.4, -0.2) is 73.1 Å². The molecule has 2 saturated heterocycles. The summed E-state index contributed by atoms with van der Waals surface area (Å²) >= 11 is 1.69. The third kappa shape index (κ3) is 5.00. The van der Waals surface area contributed by atoms with Crippen molar-refractivity contribution in [3.05, 3.63) is 16.1 Å². The van der Waals surface area contributed by atoms with Gasteiger partial charge in [0.05, 0.1) is 12.3 Å². The van der Waals surface area contributed by atoms with Crippen LogP contribution in [0.4, 0.5) is 0 Å². The number of ether oxygens (including phenoxy) is 1. The summed E-state index contributed by atoms with van der Waals surface area (Å²) in [5, 5.41) is 6.49. The second kappa shape index (κ2) is 8.12. The van der Waals surface area contributed by atoms with E-state index in [4.69, 9.17) is 9.72 Å². The third-order valence-corrected chi connectivity index (χ3v) is 5.76. The molecule has 140 valence electrons. The van der Waals surface area contributed by atoms with E-state index in [1.807, 2.05) is 4.90 Å². The molecule has 7 heteroatoms. The van der Waals surface area contributed by atoms with E-state index >= 15 is 0 Å². The summed E-state index contributed by atoms with van der Waals surface area (Å²) in [4.78, 5) is 21.4. The lowest BCUT2D eigenvalue weighted by atomic mass is 9.93. The van der Waals surface area contributed by atoms with Gasteiger partial charge in [0.2, 0.25) is 5.91 Å². The maximum Gasteiger partial charge on any atom is 0.223 e. The largest absolute Gasteiger partial charge is 0.368 e. The molecule has 1 N–H and O–H groups in total. The van der Waals surface area contributed by atoms with Gasteiger partial charge in [0.15, 0.2) is 0 Å². The molecule has 0 aromatic carbocycles. The quantitative estimate of drug-likeness (QED) is 0.878. The number of thiazole rings is 1. The molecule has 1 unspecified atom stereocenters. The molecule has 3 rings (SSSR count). The Morgan fingerprint density at radius 3 is 2.80 bits per heavy atom. The number of nitrogens with zero attached hydrogens (tertiary/aromatic N) is 3. The molecular formula is C18H30N4O2S. The number of hydrogen-bond donors (Lipinski definition) is 1. The number of aromatic nitrogens is 1. The van der Waals surface area contributed by atoms with E-state index < -0.39 is 0 Å². The van der Waals surface area contributed by atoms with Crippen molar-refractivity contribution < 1.29 is 9.53 Å². The Kier molecular flexibility index (Phi) is 6.09. The van der Waals surface area contributed by atoms with E-state index in [9.17, 15) is 4.79 Å². The van der Waals surface area contributed by atoms with Gasteiger partial charge < -0.3 is 15.0 Å². The Hall–Kier alpha value is -1.02. The van der Waals surface area contributed by atoms with Crippen LogP contribution in [0, 0.1) is 0 Å². The molecule has 2 aliphatic rings. The Morgan fingerprint density at radius 2 is 2.12 bits per heavy atom. The summed E-state index contributed by atoms with van der Waals surface area (Å²) in [7, 11) is 0. The molecule has 1 amide bonds. The lowest BCUT2D eigenvalue weighted by Crippen LogP contribution is -2.47. The molecule has 0 saturated carbocycles. The van der Waals surface area contributed by atoms with Crippen LogP contribution in [0.15, 0.2) is 5.38 Å². The predicted octanol–water partition coefficient (Wildman–Crippen LogP) is 1.64. The van der Waals surface area contributed by atoms with Crippen molar-refractivity contribution in [3.8, 4) is 0 Å². The molecule has 3 heterocycles. The molecule has 0 aliphatic carbocycles. The summed E-state index contributed by atoms with van der Waals surface area (Å²) in [5.41, 5.74) is 1.20. The first kappa shape index (κ1) is 18.8. The lowest BCUT2D eigenvalue weighted by molar-refractivity contribution is -0.132. The zero-order chi connectivity index (χ0) is 17.9. The number of morpholine rings is 1. The van der Waals surface area contributed by atoms with Crippen molar-refractivity contribution in [1.29, 1.82) is 0 Å². The van der Waals surface area contributed by atoms with Crippen molar-refractivity contribution in [3.63, 3.8) is 0 Å². The number of rotatable bonds is 4. The minimum Gasteiger partial charge on any atom is -0.368 e. The predicted molar refractivity (Wildman–Crippen MR) is 100 cm³/mol. The topological polar surface area (TPSA) is 57.7 Å². The van der Waals surface area contributed by atoms with Gasteiger partial charge in [0.1, 0.15) is 11.1 Å². The maximum absolute atomic E-state index is 12.3. The van der Waals surface area contributed by atoms with E-state index in [0.29, 0.717) is 13.0 Å². The van der Waals surface area contributed by atoms with E-state index in [1.165, 1.54) is 0 Å². The molecule has 0 bridgehead atoms. The van der Waals surface area contributed by atoms with Crippen LogP contribution in [-0.2, 0) is 14.9 Å². The van der Waals surface area contributed by atoms with Gasteiger partial charge in [0, 0.05) is 63.0 Å². The number of carbonyl (C=O) groups is 1. The summed E-state index contributed by atoms with van der Waals surface area (Å²) < 4.78 is 5.95. The monoisotopic (exact) mass is 366 g/mol. The number of hydrogen-bond acceptors (Lipinski definition) is 6. The molecule has 1 aromatic rings. The zero-order valence-corrected chi connectivity index (χ0v) is 16.4. The smallest absolute Gasteiger partial charge is 0.223 e. The van der Waals surface area contributed by atoms with Gasteiger partial charge in [-0.2, -0.15) is 0 Å². The molecular weight excluding hydrogens is 336 g/mol. The second-order valence-electron chi connectivity index (χ2n) is 7.86. The molecule has 1 atom stereocenters. The lowest BCUT2D eigenvalue weighted by Gasteiger charge is -2.33. The molecule has 0 spiro atoms. The van der Waals surface area contributed by atoms with E-state index in [-0.39, 0.29) is 17.4 Å². The van der Waals surface area contributed by atoms with Crippen molar-refractivity contribution in [2.75, 3.05) is 52.4 Å². The van der Waals surface area contributed by atoms with Crippen molar-refractivity contribution in [2.45, 2.75) is 38.7 Å². The van der Waals surface area contributed by atoms with Crippen LogP contribution < -0.4 is 5.32 Å². The van der Waals surface area contributed by atoms with E-state index in [1.54, 1.807) is 11.3 Å². The van der Waals surface area contributed by atoms with Gasteiger partial charge in [0.25, 0.3) is 0 Å². The van der Waals surface area contributed by atoms with Gasteiger partial charge in [-0.15, -0.1) is 11.3 Å². The average Bonchev–Trinajstić information content (AvgIpc) is 3.11. The van der Waals surface area contributed by atoms with Gasteiger partial charge in [-0.25, -0.2) is 4.98 Å². The van der Waals surface area contributed by atoms with Gasteiger partial charge in [-0.1, -0.05) is 20.8 Å². The highest BCUT2D eigenvalue weighted by molar-refractivity contribution is 7.09. The highest BCUT2D eigenvalue weighted by atomic mass is 32.1. The second-order valence-corrected chi connectivity index (χ2v) is 8.75. The maximum atomic E-state index is 12.3. The first-order chi connectivity index (χ1) is 11.9. The molecule has 6 nitrogen and oxygen atoms in total. The van der Waals surface area contributed by atoms with Crippen molar-refractivity contribution >= 4 is 17.2 Å². The standard InChI is InChI=1S/C18H30N4O2S/c1-18(2,3)15-13-25-17(20-15)14-12-21(10-11-24-14)7-4-16(23)22-8-5-19-6-9-22/h13-14,19H,4-12H2,1-3H3. The zero-order valence-electron chi connectivity index (χ0n) is 15.6. The average molecular weight is 367 g/mol. The van der Waals surface area contributed by atoms with Gasteiger partial charge >= 0.3 is 0 Å². The summed E-state index contributed by atoms with van der Waals surface area (Å²) in [6.45, 7) is 13.3. The normalized spacial score (nSPS) is 23.0. The fourth-order valence-electron chi connectivity index (χ4n) is 3.16. The number of piperazine rings is 1. The molecule has 25 heavy (non-hydrogen) atoms. The Balaban J connectivity index is 1.51. The summed E-state index contributed by atoms with van der Waals surface area (Å²) in [6.07, 6.45) is 0.627. The minimum atomic E-state index is 0.0316. The van der Waals surface area contributed by atoms with Crippen LogP contribution in [0.2, 0.25) is 0 Å². The first-order valence-electron chi connectivity index (χ1n) is 9.22. The molecule has 1 aromatic heterocycles. The Morgan fingerprint density at radius 1 is 1.36 bits per heavy atom. The van der Waals surface area contributed by atoms with E-state index in [2.05, 4.69) is 36.4 Å². The minimum absolute atomic E-state index is 0.0316. The van der Waals surface area contributed by atoms with Gasteiger partial charge in [-0.3, -0.25) is 9.69 Å². The van der Waals surface area contributed by atoms with Gasteiger partial charge in [-0.05, 0) is 0 Å². The fraction of sp³-hybridized carbons (Fsp3) is 0.778. The number of carbonyl (C=O) groups excluding carboxylic acids is 1. The fourth-order valence-corrected chi connectivity index (χ4v) is 4.25. The first-order valence-corrected chi connectivity index (χ1v) is 10.1. The van der Waals surface area contributed by atoms with Crippen LogP contribution >= 0.6 is 11.3 Å². The number of amides is 1. The van der Waals surface area contributed by atoms with Crippen molar-refractivity contribution in [2.24, 2.45) is 0 Å². The summed E-state index contributed by atoms with van der Waals surface area (Å²) in [6, 6.07) is 0. The molecule has 2 aliphatic heterocycles. The Labute approximate surface area is 154 Å². The van der Waals surface area contributed by atoms with Crippen LogP contribution in [0.5, 0.6) is 0 Å². The van der Waals surface area contributed by atoms with Crippen LogP contribution in [0.1, 0.15) is 44.0 Å². The summed E-state index contributed by atoms with van der Waals surface area (Å²) in [5.74, 6) is 0.272. The highest BCUT2D eigenvalue weighted by Crippen LogP contribution is 2.30. The van der Waals surface area contributed by atoms with Crippen LogP contribution in [0.25, 0.3) is 0 Å². The Bertz CT molecular complexity index is 578. The number of nitrogens with one attached hydrogen (secondary N) is 1.